The first-order chi connectivity index (χ1) is 13.8. The summed E-state index contributed by atoms with van der Waals surface area (Å²) in [7, 11) is -0.956. The fourth-order valence-electron chi connectivity index (χ4n) is 3.24. The maximum absolute atomic E-state index is 13.2. The van der Waals surface area contributed by atoms with Crippen molar-refractivity contribution in [2.24, 2.45) is 0 Å². The van der Waals surface area contributed by atoms with Gasteiger partial charge in [0, 0.05) is 29.7 Å². The van der Waals surface area contributed by atoms with Crippen LogP contribution >= 0.6 is 0 Å². The maximum atomic E-state index is 13.2. The van der Waals surface area contributed by atoms with Gasteiger partial charge in [-0.15, -0.1) is 0 Å². The van der Waals surface area contributed by atoms with Crippen molar-refractivity contribution in [3.05, 3.63) is 71.3 Å². The van der Waals surface area contributed by atoms with Crippen molar-refractivity contribution >= 4 is 10.0 Å². The molecule has 0 fully saturated rings. The summed E-state index contributed by atoms with van der Waals surface area (Å²) in [6.07, 6.45) is 0. The summed E-state index contributed by atoms with van der Waals surface area (Å²) in [5.41, 5.74) is 3.42. The van der Waals surface area contributed by atoms with Gasteiger partial charge in [-0.3, -0.25) is 0 Å². The number of aromatic nitrogens is 1. The third-order valence-corrected chi connectivity index (χ3v) is 6.16. The van der Waals surface area contributed by atoms with Crippen LogP contribution in [0, 0.1) is 19.7 Å². The molecule has 0 aliphatic rings. The van der Waals surface area contributed by atoms with E-state index in [0.717, 1.165) is 22.6 Å². The second kappa shape index (κ2) is 8.26. The molecule has 0 bridgehead atoms. The Morgan fingerprint density at radius 1 is 1.00 bits per heavy atom. The van der Waals surface area contributed by atoms with Gasteiger partial charge in [0.1, 0.15) is 22.2 Å². The molecule has 1 heterocycles. The van der Waals surface area contributed by atoms with Gasteiger partial charge >= 0.3 is 0 Å². The molecule has 1 N–H and O–H groups in total. The quantitative estimate of drug-likeness (QED) is 0.635. The van der Waals surface area contributed by atoms with Crippen LogP contribution in [0.15, 0.2) is 53.4 Å². The first kappa shape index (κ1) is 20.9. The fraction of sp³-hybridized carbons (Fsp3) is 0.238. The molecule has 0 saturated heterocycles. The van der Waals surface area contributed by atoms with Gasteiger partial charge in [0.15, 0.2) is 0 Å². The molecule has 29 heavy (non-hydrogen) atoms. The number of sulfonamides is 1. The maximum Gasteiger partial charge on any atom is 0.244 e. The summed E-state index contributed by atoms with van der Waals surface area (Å²) in [4.78, 5) is 0.00620. The molecule has 0 amide bonds. The number of nitrogens with one attached hydrogen (secondary N) is 1. The highest BCUT2D eigenvalue weighted by Crippen LogP contribution is 2.28. The monoisotopic (exact) mass is 418 g/mol. The summed E-state index contributed by atoms with van der Waals surface area (Å²) in [6.45, 7) is 3.91. The minimum atomic E-state index is -3.84. The number of hydrogen-bond acceptors (Lipinski definition) is 4. The zero-order chi connectivity index (χ0) is 21.2. The zero-order valence-electron chi connectivity index (χ0n) is 16.7. The average molecular weight is 418 g/mol. The van der Waals surface area contributed by atoms with Crippen LogP contribution in [0.5, 0.6) is 11.5 Å². The second-order valence-corrected chi connectivity index (χ2v) is 8.28. The molecule has 0 unspecified atom stereocenters. The molecule has 8 heteroatoms. The van der Waals surface area contributed by atoms with E-state index in [1.54, 1.807) is 24.3 Å². The van der Waals surface area contributed by atoms with E-state index in [2.05, 4.69) is 4.72 Å². The standard InChI is InChI=1S/C21H23FN2O4S/c1-14-11-16(15(2)24(14)18-7-5-17(22)6-8-18)13-23-29(25,26)21-12-19(27-3)9-10-20(21)28-4/h5-12,23H,13H2,1-4H3. The average Bonchev–Trinajstić information content (AvgIpc) is 3.00. The van der Waals surface area contributed by atoms with Crippen molar-refractivity contribution in [1.82, 2.24) is 9.29 Å². The Kier molecular flexibility index (Phi) is 5.95. The summed E-state index contributed by atoms with van der Waals surface area (Å²) < 4.78 is 53.9. The van der Waals surface area contributed by atoms with Crippen LogP contribution in [0.4, 0.5) is 4.39 Å². The van der Waals surface area contributed by atoms with Crippen molar-refractivity contribution in [3.8, 4) is 17.2 Å². The molecular formula is C21H23FN2O4S. The first-order valence-corrected chi connectivity index (χ1v) is 10.4. The van der Waals surface area contributed by atoms with Gasteiger partial charge in [0.25, 0.3) is 0 Å². The van der Waals surface area contributed by atoms with Crippen molar-refractivity contribution in [2.75, 3.05) is 14.2 Å². The van der Waals surface area contributed by atoms with Crippen LogP contribution in [0.3, 0.4) is 0 Å². The lowest BCUT2D eigenvalue weighted by Crippen LogP contribution is -2.24. The fourth-order valence-corrected chi connectivity index (χ4v) is 4.43. The zero-order valence-corrected chi connectivity index (χ0v) is 17.5. The Bertz CT molecular complexity index is 1120. The highest BCUT2D eigenvalue weighted by atomic mass is 32.2. The van der Waals surface area contributed by atoms with Gasteiger partial charge in [-0.1, -0.05) is 0 Å². The third kappa shape index (κ3) is 4.28. The van der Waals surface area contributed by atoms with E-state index in [-0.39, 0.29) is 23.0 Å². The lowest BCUT2D eigenvalue weighted by molar-refractivity contribution is 0.392. The predicted molar refractivity (Wildman–Crippen MR) is 109 cm³/mol. The lowest BCUT2D eigenvalue weighted by atomic mass is 10.2. The highest BCUT2D eigenvalue weighted by Gasteiger charge is 2.21. The van der Waals surface area contributed by atoms with Crippen LogP contribution in [0.25, 0.3) is 5.69 Å². The van der Waals surface area contributed by atoms with Crippen LogP contribution in [0.1, 0.15) is 17.0 Å². The Morgan fingerprint density at radius 2 is 1.69 bits per heavy atom. The van der Waals surface area contributed by atoms with Gasteiger partial charge < -0.3 is 14.0 Å². The molecule has 2 aromatic carbocycles. The molecule has 0 aliphatic carbocycles. The summed E-state index contributed by atoms with van der Waals surface area (Å²) in [6, 6.07) is 12.7. The molecular weight excluding hydrogens is 395 g/mol. The molecule has 0 aliphatic heterocycles. The normalized spacial score (nSPS) is 11.5. The number of aryl methyl sites for hydroxylation is 1. The lowest BCUT2D eigenvalue weighted by Gasteiger charge is -2.13. The SMILES string of the molecule is COc1ccc(OC)c(S(=O)(=O)NCc2cc(C)n(-c3ccc(F)cc3)c2C)c1. The van der Waals surface area contributed by atoms with E-state index in [4.69, 9.17) is 9.47 Å². The highest BCUT2D eigenvalue weighted by molar-refractivity contribution is 7.89. The minimum absolute atomic E-state index is 0.00620. The van der Waals surface area contributed by atoms with Gasteiger partial charge in [-0.2, -0.15) is 0 Å². The van der Waals surface area contributed by atoms with E-state index in [1.807, 2.05) is 24.5 Å². The summed E-state index contributed by atoms with van der Waals surface area (Å²) >= 11 is 0. The Balaban J connectivity index is 1.88. The number of rotatable bonds is 7. The predicted octanol–water partition coefficient (Wildman–Crippen LogP) is 3.73. The molecule has 0 atom stereocenters. The molecule has 0 saturated carbocycles. The number of benzene rings is 2. The smallest absolute Gasteiger partial charge is 0.244 e. The molecule has 6 nitrogen and oxygen atoms in total. The van der Waals surface area contributed by atoms with E-state index in [1.165, 1.54) is 32.4 Å². The minimum Gasteiger partial charge on any atom is -0.497 e. The van der Waals surface area contributed by atoms with Crippen LogP contribution in [-0.2, 0) is 16.6 Å². The van der Waals surface area contributed by atoms with Gasteiger partial charge in [0.2, 0.25) is 10.0 Å². The number of ether oxygens (including phenoxy) is 2. The molecule has 3 rings (SSSR count). The van der Waals surface area contributed by atoms with Gasteiger partial charge in [-0.05, 0) is 61.9 Å². The van der Waals surface area contributed by atoms with E-state index < -0.39 is 10.0 Å². The van der Waals surface area contributed by atoms with Gasteiger partial charge in [0.05, 0.1) is 14.2 Å². The van der Waals surface area contributed by atoms with Crippen LogP contribution in [0.2, 0.25) is 0 Å². The molecule has 1 aromatic heterocycles. The number of nitrogens with zero attached hydrogens (tertiary/aromatic N) is 1. The molecule has 0 spiro atoms. The summed E-state index contributed by atoms with van der Waals surface area (Å²) in [5, 5.41) is 0. The molecule has 0 radical (unpaired) electrons. The van der Waals surface area contributed by atoms with Crippen LogP contribution in [-0.4, -0.2) is 27.2 Å². The molecule has 3 aromatic rings. The van der Waals surface area contributed by atoms with Crippen molar-refractivity contribution in [1.29, 1.82) is 0 Å². The van der Waals surface area contributed by atoms with Crippen molar-refractivity contribution in [3.63, 3.8) is 0 Å². The second-order valence-electron chi connectivity index (χ2n) is 6.55. The number of halogens is 1. The number of methoxy groups -OCH3 is 2. The summed E-state index contributed by atoms with van der Waals surface area (Å²) in [5.74, 6) is 0.340. The third-order valence-electron chi connectivity index (χ3n) is 4.73. The van der Waals surface area contributed by atoms with Crippen molar-refractivity contribution < 1.29 is 22.3 Å². The topological polar surface area (TPSA) is 69.6 Å². The van der Waals surface area contributed by atoms with Gasteiger partial charge in [-0.25, -0.2) is 17.5 Å². The Labute approximate surface area is 169 Å². The largest absolute Gasteiger partial charge is 0.497 e. The van der Waals surface area contributed by atoms with Crippen molar-refractivity contribution in [2.45, 2.75) is 25.3 Å². The molecule has 154 valence electrons. The van der Waals surface area contributed by atoms with E-state index in [9.17, 15) is 12.8 Å². The van der Waals surface area contributed by atoms with Crippen LogP contribution < -0.4 is 14.2 Å². The Hall–Kier alpha value is -2.84. The van der Waals surface area contributed by atoms with E-state index >= 15 is 0 Å². The Morgan fingerprint density at radius 3 is 2.31 bits per heavy atom. The van der Waals surface area contributed by atoms with E-state index in [0.29, 0.717) is 5.75 Å². The first-order valence-electron chi connectivity index (χ1n) is 8.92. The number of hydrogen-bond donors (Lipinski definition) is 1.